The summed E-state index contributed by atoms with van der Waals surface area (Å²) in [4.78, 5) is 4.39. The minimum absolute atomic E-state index is 0.227. The number of nitrogens with zero attached hydrogens (tertiary/aromatic N) is 3. The van der Waals surface area contributed by atoms with Crippen LogP contribution in [0.2, 0.25) is 15.2 Å². The van der Waals surface area contributed by atoms with Crippen LogP contribution in [0.4, 0.5) is 0 Å². The lowest BCUT2D eigenvalue weighted by Gasteiger charge is -2.14. The lowest BCUT2D eigenvalue weighted by Crippen LogP contribution is -1.99. The topological polar surface area (TPSA) is 47.9 Å². The van der Waals surface area contributed by atoms with Crippen molar-refractivity contribution in [2.75, 3.05) is 7.11 Å². The number of pyridine rings is 1. The fourth-order valence-corrected chi connectivity index (χ4v) is 3.00. The Bertz CT molecular complexity index is 898. The lowest BCUT2D eigenvalue weighted by atomic mass is 9.97. The van der Waals surface area contributed by atoms with Gasteiger partial charge in [-0.1, -0.05) is 46.9 Å². The van der Waals surface area contributed by atoms with Gasteiger partial charge < -0.3 is 4.74 Å². The molecule has 0 radical (unpaired) electrons. The van der Waals surface area contributed by atoms with Crippen LogP contribution in [0.5, 0.6) is 5.75 Å². The first-order chi connectivity index (χ1) is 11.5. The number of hydrogen-bond acceptors (Lipinski definition) is 4. The zero-order chi connectivity index (χ0) is 17.3. The van der Waals surface area contributed by atoms with Gasteiger partial charge in [-0.3, -0.25) is 4.98 Å². The highest BCUT2D eigenvalue weighted by Crippen LogP contribution is 2.40. The monoisotopic (exact) mass is 379 g/mol. The molecule has 0 aliphatic carbocycles. The second-order valence-corrected chi connectivity index (χ2v) is 6.24. The van der Waals surface area contributed by atoms with Crippen LogP contribution in [0.15, 0.2) is 36.5 Å². The molecule has 7 heteroatoms. The summed E-state index contributed by atoms with van der Waals surface area (Å²) in [5.74, 6) is 0.562. The smallest absolute Gasteiger partial charge is 0.161 e. The standard InChI is InChI=1S/C17H12Cl3N3O/c1-9-14(10-3-5-11(18)6-4-10)15(17(20)23-22-9)16-13(19)7-12(24-2)8-21-16/h3-8H,1-2H3. The second kappa shape index (κ2) is 6.93. The van der Waals surface area contributed by atoms with Crippen molar-refractivity contribution in [3.63, 3.8) is 0 Å². The third-order valence-electron chi connectivity index (χ3n) is 3.53. The number of ether oxygens (including phenoxy) is 1. The predicted molar refractivity (Wildman–Crippen MR) is 97.0 cm³/mol. The number of aryl methyl sites for hydroxylation is 1. The molecule has 4 nitrogen and oxygen atoms in total. The van der Waals surface area contributed by atoms with Gasteiger partial charge in [-0.2, -0.15) is 5.10 Å². The summed E-state index contributed by atoms with van der Waals surface area (Å²) in [6.07, 6.45) is 1.58. The Hall–Kier alpha value is -1.88. The second-order valence-electron chi connectivity index (χ2n) is 5.04. The highest BCUT2D eigenvalue weighted by atomic mass is 35.5. The van der Waals surface area contributed by atoms with Crippen molar-refractivity contribution < 1.29 is 4.74 Å². The van der Waals surface area contributed by atoms with Gasteiger partial charge in [-0.15, -0.1) is 5.10 Å². The van der Waals surface area contributed by atoms with Crippen molar-refractivity contribution in [2.45, 2.75) is 6.92 Å². The normalized spacial score (nSPS) is 10.7. The molecule has 2 heterocycles. The van der Waals surface area contributed by atoms with E-state index in [0.717, 1.165) is 11.1 Å². The van der Waals surface area contributed by atoms with Crippen molar-refractivity contribution in [1.82, 2.24) is 15.2 Å². The molecule has 0 amide bonds. The molecule has 0 atom stereocenters. The van der Waals surface area contributed by atoms with Crippen molar-refractivity contribution >= 4 is 34.8 Å². The van der Waals surface area contributed by atoms with E-state index >= 15 is 0 Å². The van der Waals surface area contributed by atoms with E-state index in [1.807, 2.05) is 19.1 Å². The highest BCUT2D eigenvalue weighted by molar-refractivity contribution is 6.36. The van der Waals surface area contributed by atoms with Crippen LogP contribution >= 0.6 is 34.8 Å². The molecule has 0 aliphatic heterocycles. The molecule has 122 valence electrons. The summed E-state index contributed by atoms with van der Waals surface area (Å²) >= 11 is 18.7. The first-order valence-corrected chi connectivity index (χ1v) is 8.13. The molecule has 0 saturated carbocycles. The maximum Gasteiger partial charge on any atom is 0.161 e. The fraction of sp³-hybridized carbons (Fsp3) is 0.118. The molecule has 1 aromatic carbocycles. The molecule has 2 aromatic heterocycles. The Kier molecular flexibility index (Phi) is 4.90. The van der Waals surface area contributed by atoms with E-state index in [4.69, 9.17) is 39.5 Å². The van der Waals surface area contributed by atoms with Gasteiger partial charge in [0.1, 0.15) is 5.75 Å². The first kappa shape index (κ1) is 17.0. The Morgan fingerprint density at radius 2 is 1.67 bits per heavy atom. The van der Waals surface area contributed by atoms with Gasteiger partial charge in [0.25, 0.3) is 0 Å². The zero-order valence-electron chi connectivity index (χ0n) is 12.8. The number of benzene rings is 1. The van der Waals surface area contributed by atoms with Gasteiger partial charge in [0, 0.05) is 16.7 Å². The maximum absolute atomic E-state index is 6.38. The van der Waals surface area contributed by atoms with Crippen molar-refractivity contribution in [1.29, 1.82) is 0 Å². The minimum atomic E-state index is 0.227. The third-order valence-corrected chi connectivity index (χ3v) is 4.33. The molecule has 3 rings (SSSR count). The van der Waals surface area contributed by atoms with Crippen molar-refractivity contribution in [3.8, 4) is 28.1 Å². The van der Waals surface area contributed by atoms with Crippen LogP contribution in [-0.2, 0) is 0 Å². The molecule has 0 spiro atoms. The van der Waals surface area contributed by atoms with E-state index in [9.17, 15) is 0 Å². The fourth-order valence-electron chi connectivity index (χ4n) is 2.40. The first-order valence-electron chi connectivity index (χ1n) is 7.00. The Morgan fingerprint density at radius 1 is 0.958 bits per heavy atom. The van der Waals surface area contributed by atoms with Gasteiger partial charge >= 0.3 is 0 Å². The number of methoxy groups -OCH3 is 1. The van der Waals surface area contributed by atoms with E-state index in [2.05, 4.69) is 15.2 Å². The average Bonchev–Trinajstić information content (AvgIpc) is 2.58. The van der Waals surface area contributed by atoms with E-state index in [0.29, 0.717) is 32.7 Å². The van der Waals surface area contributed by atoms with Crippen LogP contribution in [0, 0.1) is 6.92 Å². The summed E-state index contributed by atoms with van der Waals surface area (Å²) in [6.45, 7) is 1.86. The van der Waals surface area contributed by atoms with Gasteiger partial charge in [-0.25, -0.2) is 0 Å². The molecule has 0 saturated heterocycles. The summed E-state index contributed by atoms with van der Waals surface area (Å²) in [7, 11) is 1.55. The quantitative estimate of drug-likeness (QED) is 0.603. The third kappa shape index (κ3) is 3.18. The Labute approximate surface area is 154 Å². The largest absolute Gasteiger partial charge is 0.495 e. The molecule has 0 aliphatic rings. The molecule has 0 bridgehead atoms. The summed E-state index contributed by atoms with van der Waals surface area (Å²) in [6, 6.07) is 9.07. The van der Waals surface area contributed by atoms with E-state index in [1.54, 1.807) is 31.5 Å². The van der Waals surface area contributed by atoms with Gasteiger partial charge in [0.05, 0.1) is 35.3 Å². The molecule has 0 unspecified atom stereocenters. The SMILES string of the molecule is COc1cnc(-c2c(Cl)nnc(C)c2-c2ccc(Cl)cc2)c(Cl)c1. The number of rotatable bonds is 3. The lowest BCUT2D eigenvalue weighted by molar-refractivity contribution is 0.413. The molecular formula is C17H12Cl3N3O. The summed E-state index contributed by atoms with van der Waals surface area (Å²) in [5, 5.41) is 9.41. The Morgan fingerprint density at radius 3 is 2.29 bits per heavy atom. The van der Waals surface area contributed by atoms with Crippen LogP contribution in [-0.4, -0.2) is 22.3 Å². The molecule has 3 aromatic rings. The number of hydrogen-bond donors (Lipinski definition) is 0. The van der Waals surface area contributed by atoms with Crippen LogP contribution < -0.4 is 4.74 Å². The molecule has 0 fully saturated rings. The zero-order valence-corrected chi connectivity index (χ0v) is 15.1. The van der Waals surface area contributed by atoms with Gasteiger partial charge in [0.2, 0.25) is 0 Å². The van der Waals surface area contributed by atoms with Crippen LogP contribution in [0.25, 0.3) is 22.4 Å². The maximum atomic E-state index is 6.38. The summed E-state index contributed by atoms with van der Waals surface area (Å²) in [5.41, 5.74) is 3.57. The molecule has 0 N–H and O–H groups in total. The van der Waals surface area contributed by atoms with Crippen molar-refractivity contribution in [3.05, 3.63) is 57.4 Å². The van der Waals surface area contributed by atoms with E-state index < -0.39 is 0 Å². The number of aromatic nitrogens is 3. The minimum Gasteiger partial charge on any atom is -0.495 e. The molecular weight excluding hydrogens is 369 g/mol. The van der Waals surface area contributed by atoms with Crippen molar-refractivity contribution in [2.24, 2.45) is 0 Å². The highest BCUT2D eigenvalue weighted by Gasteiger charge is 2.20. The van der Waals surface area contributed by atoms with Crippen LogP contribution in [0.3, 0.4) is 0 Å². The summed E-state index contributed by atoms with van der Waals surface area (Å²) < 4.78 is 5.15. The van der Waals surface area contributed by atoms with E-state index in [1.165, 1.54) is 0 Å². The average molecular weight is 381 g/mol. The van der Waals surface area contributed by atoms with Gasteiger partial charge in [-0.05, 0) is 24.6 Å². The predicted octanol–water partition coefficient (Wildman–Crippen LogP) is 5.48. The van der Waals surface area contributed by atoms with Crippen LogP contribution in [0.1, 0.15) is 5.69 Å². The number of halogens is 3. The van der Waals surface area contributed by atoms with Gasteiger partial charge in [0.15, 0.2) is 5.15 Å². The molecule has 24 heavy (non-hydrogen) atoms. The Balaban J connectivity index is 2.28. The van der Waals surface area contributed by atoms with E-state index in [-0.39, 0.29) is 5.15 Å².